The molecule has 0 atom stereocenters. The molecule has 0 spiro atoms. The molecule has 1 aromatic heterocycles. The lowest BCUT2D eigenvalue weighted by molar-refractivity contribution is -0.137. The second kappa shape index (κ2) is 7.34. The van der Waals surface area contributed by atoms with Crippen molar-refractivity contribution in [1.29, 1.82) is 0 Å². The molecule has 0 fully saturated rings. The van der Waals surface area contributed by atoms with E-state index in [1.54, 1.807) is 6.07 Å². The molecule has 0 aliphatic heterocycles. The first-order valence-electron chi connectivity index (χ1n) is 8.23. The number of nitrogens with zero attached hydrogens (tertiary/aromatic N) is 2. The fourth-order valence-electron chi connectivity index (χ4n) is 2.57. The molecule has 0 radical (unpaired) electrons. The number of fused-ring (bicyclic) bond motifs is 1. The third-order valence-electron chi connectivity index (χ3n) is 4.10. The smallest absolute Gasteiger partial charge is 0.416 e. The van der Waals surface area contributed by atoms with E-state index in [0.29, 0.717) is 22.2 Å². The van der Waals surface area contributed by atoms with Gasteiger partial charge in [-0.15, -0.1) is 0 Å². The third-order valence-corrected chi connectivity index (χ3v) is 4.10. The van der Waals surface area contributed by atoms with Crippen LogP contribution >= 0.6 is 0 Å². The summed E-state index contributed by atoms with van der Waals surface area (Å²) in [5.74, 6) is -0.528. The van der Waals surface area contributed by atoms with Gasteiger partial charge in [-0.25, -0.2) is 4.98 Å². The zero-order valence-electron chi connectivity index (χ0n) is 15.0. The second-order valence-electron chi connectivity index (χ2n) is 6.11. The van der Waals surface area contributed by atoms with E-state index in [-0.39, 0.29) is 24.2 Å². The number of halogens is 3. The first kappa shape index (κ1) is 19.4. The van der Waals surface area contributed by atoms with Crippen molar-refractivity contribution in [2.24, 2.45) is 0 Å². The van der Waals surface area contributed by atoms with E-state index in [2.05, 4.69) is 10.3 Å². The topological polar surface area (TPSA) is 75.4 Å². The maximum absolute atomic E-state index is 12.7. The van der Waals surface area contributed by atoms with Crippen molar-refractivity contribution in [1.82, 2.24) is 15.2 Å². The predicted octanol–water partition coefficient (Wildman–Crippen LogP) is 3.33. The van der Waals surface area contributed by atoms with E-state index in [4.69, 9.17) is 4.42 Å². The Labute approximate surface area is 158 Å². The van der Waals surface area contributed by atoms with E-state index < -0.39 is 11.7 Å². The SMILES string of the molecule is CNC(=O)CN(C)C(=O)c1ccc2oc(-c3ccc(C(F)(F)F)cc3)nc2c1. The van der Waals surface area contributed by atoms with Gasteiger partial charge < -0.3 is 14.6 Å². The van der Waals surface area contributed by atoms with Crippen molar-refractivity contribution >= 4 is 22.9 Å². The average molecular weight is 391 g/mol. The van der Waals surface area contributed by atoms with Crippen LogP contribution in [0.3, 0.4) is 0 Å². The van der Waals surface area contributed by atoms with Gasteiger partial charge in [0, 0.05) is 25.2 Å². The van der Waals surface area contributed by atoms with Crippen molar-refractivity contribution < 1.29 is 27.2 Å². The van der Waals surface area contributed by atoms with Crippen molar-refractivity contribution in [3.05, 3.63) is 53.6 Å². The van der Waals surface area contributed by atoms with Crippen LogP contribution in [-0.2, 0) is 11.0 Å². The highest BCUT2D eigenvalue weighted by molar-refractivity contribution is 5.98. The van der Waals surface area contributed by atoms with Gasteiger partial charge in [0.2, 0.25) is 11.8 Å². The average Bonchev–Trinajstić information content (AvgIpc) is 3.09. The Morgan fingerprint density at radius 2 is 1.82 bits per heavy atom. The summed E-state index contributed by atoms with van der Waals surface area (Å²) in [6.07, 6.45) is -4.42. The van der Waals surface area contributed by atoms with Crippen LogP contribution in [0.1, 0.15) is 15.9 Å². The number of carbonyl (C=O) groups is 2. The number of benzene rings is 2. The van der Waals surface area contributed by atoms with Gasteiger partial charge in [0.05, 0.1) is 12.1 Å². The predicted molar refractivity (Wildman–Crippen MR) is 95.5 cm³/mol. The molecule has 3 rings (SSSR count). The largest absolute Gasteiger partial charge is 0.436 e. The molecule has 0 saturated heterocycles. The minimum absolute atomic E-state index is 0.0943. The third kappa shape index (κ3) is 3.98. The molecular weight excluding hydrogens is 375 g/mol. The van der Waals surface area contributed by atoms with Crippen LogP contribution < -0.4 is 5.32 Å². The van der Waals surface area contributed by atoms with Crippen molar-refractivity contribution in [2.45, 2.75) is 6.18 Å². The monoisotopic (exact) mass is 391 g/mol. The summed E-state index contributed by atoms with van der Waals surface area (Å²) in [6.45, 7) is -0.0943. The Morgan fingerprint density at radius 3 is 2.43 bits per heavy atom. The van der Waals surface area contributed by atoms with Gasteiger partial charge in [-0.05, 0) is 42.5 Å². The van der Waals surface area contributed by atoms with E-state index in [9.17, 15) is 22.8 Å². The number of likely N-dealkylation sites (N-methyl/N-ethyl adjacent to an activating group) is 2. The summed E-state index contributed by atoms with van der Waals surface area (Å²) < 4.78 is 43.6. The lowest BCUT2D eigenvalue weighted by atomic mass is 10.1. The number of nitrogens with one attached hydrogen (secondary N) is 1. The van der Waals surface area contributed by atoms with E-state index in [0.717, 1.165) is 12.1 Å². The van der Waals surface area contributed by atoms with Crippen LogP contribution in [0.25, 0.3) is 22.6 Å². The minimum Gasteiger partial charge on any atom is -0.436 e. The molecular formula is C19H16F3N3O3. The molecule has 0 bridgehead atoms. The lowest BCUT2D eigenvalue weighted by Gasteiger charge is -2.15. The van der Waals surface area contributed by atoms with Gasteiger partial charge >= 0.3 is 6.18 Å². The molecule has 9 heteroatoms. The number of hydrogen-bond donors (Lipinski definition) is 1. The van der Waals surface area contributed by atoms with Gasteiger partial charge in [-0.2, -0.15) is 13.2 Å². The Balaban J connectivity index is 1.87. The number of hydrogen-bond acceptors (Lipinski definition) is 4. The number of rotatable bonds is 4. The molecule has 6 nitrogen and oxygen atoms in total. The number of alkyl halides is 3. The Kier molecular flexibility index (Phi) is 5.08. The maximum Gasteiger partial charge on any atom is 0.416 e. The molecule has 28 heavy (non-hydrogen) atoms. The van der Waals surface area contributed by atoms with Gasteiger partial charge in [0.15, 0.2) is 5.58 Å². The number of aromatic nitrogens is 1. The van der Waals surface area contributed by atoms with Crippen LogP contribution in [-0.4, -0.2) is 42.3 Å². The molecule has 3 aromatic rings. The number of amides is 2. The maximum atomic E-state index is 12.7. The molecule has 0 aliphatic carbocycles. The van der Waals surface area contributed by atoms with Crippen molar-refractivity contribution in [2.75, 3.05) is 20.6 Å². The van der Waals surface area contributed by atoms with E-state index in [1.807, 2.05) is 0 Å². The van der Waals surface area contributed by atoms with Crippen LogP contribution in [0.5, 0.6) is 0 Å². The standard InChI is InChI=1S/C19H16F3N3O3/c1-23-16(26)10-25(2)18(27)12-5-8-15-14(9-12)24-17(28-15)11-3-6-13(7-4-11)19(20,21)22/h3-9H,10H2,1-2H3,(H,23,26). The number of carbonyl (C=O) groups excluding carboxylic acids is 2. The Morgan fingerprint density at radius 1 is 1.14 bits per heavy atom. The molecule has 1 heterocycles. The highest BCUT2D eigenvalue weighted by Crippen LogP contribution is 2.31. The van der Waals surface area contributed by atoms with Crippen LogP contribution in [0.2, 0.25) is 0 Å². The number of oxazole rings is 1. The van der Waals surface area contributed by atoms with Crippen LogP contribution in [0.4, 0.5) is 13.2 Å². The molecule has 0 unspecified atom stereocenters. The van der Waals surface area contributed by atoms with E-state index in [1.165, 1.54) is 43.3 Å². The van der Waals surface area contributed by atoms with E-state index >= 15 is 0 Å². The fraction of sp³-hybridized carbons (Fsp3) is 0.211. The minimum atomic E-state index is -4.42. The molecule has 0 aliphatic rings. The van der Waals surface area contributed by atoms with Gasteiger partial charge in [0.1, 0.15) is 5.52 Å². The highest BCUT2D eigenvalue weighted by Gasteiger charge is 2.30. The quantitative estimate of drug-likeness (QED) is 0.740. The molecule has 2 amide bonds. The molecule has 1 N–H and O–H groups in total. The highest BCUT2D eigenvalue weighted by atomic mass is 19.4. The summed E-state index contributed by atoms with van der Waals surface area (Å²) in [7, 11) is 2.98. The Bertz CT molecular complexity index is 1030. The van der Waals surface area contributed by atoms with Crippen molar-refractivity contribution in [3.63, 3.8) is 0 Å². The summed E-state index contributed by atoms with van der Waals surface area (Å²) in [5.41, 5.74) is 0.703. The van der Waals surface area contributed by atoms with Crippen molar-refractivity contribution in [3.8, 4) is 11.5 Å². The zero-order chi connectivity index (χ0) is 20.5. The Hall–Kier alpha value is -3.36. The van der Waals surface area contributed by atoms with Gasteiger partial charge in [0.25, 0.3) is 5.91 Å². The lowest BCUT2D eigenvalue weighted by Crippen LogP contribution is -2.36. The van der Waals surface area contributed by atoms with Crippen LogP contribution in [0.15, 0.2) is 46.9 Å². The summed E-state index contributed by atoms with van der Waals surface area (Å²) >= 11 is 0. The summed E-state index contributed by atoms with van der Waals surface area (Å²) in [5, 5.41) is 2.44. The first-order chi connectivity index (χ1) is 13.2. The van der Waals surface area contributed by atoms with Crippen LogP contribution in [0, 0.1) is 0 Å². The first-order valence-corrected chi connectivity index (χ1v) is 8.23. The fourth-order valence-corrected chi connectivity index (χ4v) is 2.57. The van der Waals surface area contributed by atoms with Gasteiger partial charge in [-0.1, -0.05) is 0 Å². The normalized spacial score (nSPS) is 11.5. The molecule has 146 valence electrons. The second-order valence-corrected chi connectivity index (χ2v) is 6.11. The summed E-state index contributed by atoms with van der Waals surface area (Å²) in [6, 6.07) is 9.05. The molecule has 0 saturated carbocycles. The molecule has 2 aromatic carbocycles. The summed E-state index contributed by atoms with van der Waals surface area (Å²) in [4.78, 5) is 29.4. The zero-order valence-corrected chi connectivity index (χ0v) is 15.0. The van der Waals surface area contributed by atoms with Gasteiger partial charge in [-0.3, -0.25) is 9.59 Å².